The van der Waals surface area contributed by atoms with Crippen molar-refractivity contribution in [2.24, 2.45) is 0 Å². The highest BCUT2D eigenvalue weighted by molar-refractivity contribution is 6.05. The van der Waals surface area contributed by atoms with E-state index in [2.05, 4.69) is 14.0 Å². The van der Waals surface area contributed by atoms with Gasteiger partial charge < -0.3 is 30.6 Å². The number of furan rings is 1. The van der Waals surface area contributed by atoms with E-state index in [0.717, 1.165) is 34.9 Å². The third-order valence-corrected chi connectivity index (χ3v) is 5.74. The van der Waals surface area contributed by atoms with Crippen LogP contribution >= 0.6 is 0 Å². The lowest BCUT2D eigenvalue weighted by Crippen LogP contribution is -3.00. The van der Waals surface area contributed by atoms with E-state index in [1.165, 1.54) is 49.1 Å². The molecule has 2 aromatic carbocycles. The minimum atomic E-state index is -0.278. The first-order valence-electron chi connectivity index (χ1n) is 9.68. The first-order chi connectivity index (χ1) is 12.6. The van der Waals surface area contributed by atoms with E-state index < -0.39 is 0 Å². The molecule has 3 aromatic rings. The van der Waals surface area contributed by atoms with Gasteiger partial charge in [0, 0.05) is 35.7 Å². The first-order valence-corrected chi connectivity index (χ1v) is 9.68. The first kappa shape index (κ1) is 20.2. The number of hydrogen-bond donors (Lipinski definition) is 0. The standard InChI is InChI=1S/C22H27FNO2.BrH/c1-3-4-11-24(2)12-9-17(10-13-24)25-18-6-8-20-19-7-5-16(23)14-21(19)26-22(20)15-18;/h5-8,14-15,17H,3-4,9-13H2,1-2H3;1H/q+1;/p-1. The number of likely N-dealkylation sites (tertiary alicyclic amines) is 1. The van der Waals surface area contributed by atoms with Gasteiger partial charge in [0.25, 0.3) is 0 Å². The van der Waals surface area contributed by atoms with Crippen LogP contribution in [0.25, 0.3) is 21.9 Å². The molecule has 0 unspecified atom stereocenters. The predicted octanol–water partition coefficient (Wildman–Crippen LogP) is 2.52. The van der Waals surface area contributed by atoms with Crippen LogP contribution in [0.15, 0.2) is 40.8 Å². The van der Waals surface area contributed by atoms with E-state index >= 15 is 0 Å². The molecule has 0 atom stereocenters. The lowest BCUT2D eigenvalue weighted by atomic mass is 10.0. The van der Waals surface area contributed by atoms with Crippen LogP contribution in [0.4, 0.5) is 4.39 Å². The molecule has 0 aliphatic carbocycles. The van der Waals surface area contributed by atoms with E-state index in [1.807, 2.05) is 18.2 Å². The Balaban J connectivity index is 0.00000210. The molecule has 0 saturated carbocycles. The lowest BCUT2D eigenvalue weighted by molar-refractivity contribution is -0.915. The quantitative estimate of drug-likeness (QED) is 0.574. The van der Waals surface area contributed by atoms with Crippen LogP contribution in [0.5, 0.6) is 5.75 Å². The highest BCUT2D eigenvalue weighted by Crippen LogP contribution is 2.32. The molecule has 1 saturated heterocycles. The third kappa shape index (κ3) is 4.30. The predicted molar refractivity (Wildman–Crippen MR) is 103 cm³/mol. The number of rotatable bonds is 5. The molecule has 4 rings (SSSR count). The van der Waals surface area contributed by atoms with Gasteiger partial charge in [0.1, 0.15) is 28.8 Å². The average molecular weight is 436 g/mol. The van der Waals surface area contributed by atoms with Gasteiger partial charge in [0.2, 0.25) is 0 Å². The average Bonchev–Trinajstić information content (AvgIpc) is 2.98. The molecule has 1 aliphatic rings. The molecule has 0 bridgehead atoms. The van der Waals surface area contributed by atoms with Crippen molar-refractivity contribution in [1.29, 1.82) is 0 Å². The van der Waals surface area contributed by atoms with Crippen molar-refractivity contribution in [2.45, 2.75) is 38.7 Å². The second kappa shape index (κ2) is 8.19. The molecule has 1 fully saturated rings. The SMILES string of the molecule is CCCC[N+]1(C)CCC(Oc2ccc3c(c2)oc2cc(F)ccc23)CC1.[Br-]. The fourth-order valence-electron chi connectivity index (χ4n) is 4.05. The second-order valence-electron chi connectivity index (χ2n) is 7.86. The van der Waals surface area contributed by atoms with Crippen molar-refractivity contribution in [2.75, 3.05) is 26.7 Å². The molecule has 27 heavy (non-hydrogen) atoms. The Morgan fingerprint density at radius 3 is 2.44 bits per heavy atom. The summed E-state index contributed by atoms with van der Waals surface area (Å²) in [6.07, 6.45) is 5.00. The Morgan fingerprint density at radius 1 is 1.07 bits per heavy atom. The zero-order valence-corrected chi connectivity index (χ0v) is 17.6. The molecule has 146 valence electrons. The van der Waals surface area contributed by atoms with Crippen molar-refractivity contribution in [3.05, 3.63) is 42.2 Å². The van der Waals surface area contributed by atoms with Crippen LogP contribution in [0, 0.1) is 5.82 Å². The molecule has 1 aliphatic heterocycles. The highest BCUT2D eigenvalue weighted by Gasteiger charge is 2.30. The molecule has 0 N–H and O–H groups in total. The van der Waals surface area contributed by atoms with Crippen molar-refractivity contribution in [1.82, 2.24) is 0 Å². The van der Waals surface area contributed by atoms with E-state index in [4.69, 9.17) is 9.15 Å². The summed E-state index contributed by atoms with van der Waals surface area (Å²) in [5.74, 6) is 0.561. The number of unbranched alkanes of at least 4 members (excludes halogenated alkanes) is 1. The van der Waals surface area contributed by atoms with Gasteiger partial charge in [-0.1, -0.05) is 13.3 Å². The lowest BCUT2D eigenvalue weighted by Gasteiger charge is -2.40. The molecule has 0 radical (unpaired) electrons. The fourth-order valence-corrected chi connectivity index (χ4v) is 4.05. The molecular formula is C22H27BrFNO2. The van der Waals surface area contributed by atoms with Crippen molar-refractivity contribution >= 4 is 21.9 Å². The van der Waals surface area contributed by atoms with Gasteiger partial charge in [-0.15, -0.1) is 0 Å². The Kier molecular flexibility index (Phi) is 6.11. The topological polar surface area (TPSA) is 22.4 Å². The minimum absolute atomic E-state index is 0. The molecular weight excluding hydrogens is 409 g/mol. The summed E-state index contributed by atoms with van der Waals surface area (Å²) in [4.78, 5) is 0. The molecule has 1 aromatic heterocycles. The fraction of sp³-hybridized carbons (Fsp3) is 0.455. The van der Waals surface area contributed by atoms with E-state index in [9.17, 15) is 4.39 Å². The van der Waals surface area contributed by atoms with E-state index in [1.54, 1.807) is 6.07 Å². The van der Waals surface area contributed by atoms with Crippen LogP contribution in [0.1, 0.15) is 32.6 Å². The minimum Gasteiger partial charge on any atom is -1.00 e. The van der Waals surface area contributed by atoms with Crippen LogP contribution in [0.3, 0.4) is 0 Å². The third-order valence-electron chi connectivity index (χ3n) is 5.74. The number of nitrogens with zero attached hydrogens (tertiary/aromatic N) is 1. The van der Waals surface area contributed by atoms with E-state index in [-0.39, 0.29) is 28.9 Å². The number of fused-ring (bicyclic) bond motifs is 3. The van der Waals surface area contributed by atoms with Gasteiger partial charge in [-0.05, 0) is 30.7 Å². The Labute approximate surface area is 170 Å². The van der Waals surface area contributed by atoms with Gasteiger partial charge >= 0.3 is 0 Å². The maximum absolute atomic E-state index is 13.4. The Hall–Kier alpha value is -1.59. The van der Waals surface area contributed by atoms with Crippen molar-refractivity contribution in [3.8, 4) is 5.75 Å². The number of quaternary nitrogens is 1. The van der Waals surface area contributed by atoms with Crippen LogP contribution < -0.4 is 21.7 Å². The van der Waals surface area contributed by atoms with Crippen LogP contribution in [0.2, 0.25) is 0 Å². The molecule has 2 heterocycles. The zero-order chi connectivity index (χ0) is 18.1. The van der Waals surface area contributed by atoms with E-state index in [0.29, 0.717) is 5.58 Å². The summed E-state index contributed by atoms with van der Waals surface area (Å²) in [6.45, 7) is 5.88. The van der Waals surface area contributed by atoms with Gasteiger partial charge in [-0.3, -0.25) is 0 Å². The summed E-state index contributed by atoms with van der Waals surface area (Å²) in [5, 5.41) is 1.94. The molecule has 0 amide bonds. The number of hydrogen-bond acceptors (Lipinski definition) is 2. The number of ether oxygens (including phenoxy) is 1. The Morgan fingerprint density at radius 2 is 1.74 bits per heavy atom. The highest BCUT2D eigenvalue weighted by atomic mass is 79.9. The van der Waals surface area contributed by atoms with Crippen LogP contribution in [-0.2, 0) is 0 Å². The monoisotopic (exact) mass is 435 g/mol. The summed E-state index contributed by atoms with van der Waals surface area (Å²) in [6, 6.07) is 10.6. The normalized spacial score (nSPS) is 22.7. The number of halogens is 2. The summed E-state index contributed by atoms with van der Waals surface area (Å²) in [5.41, 5.74) is 1.33. The van der Waals surface area contributed by atoms with Crippen molar-refractivity contribution < 1.29 is 35.0 Å². The van der Waals surface area contributed by atoms with Gasteiger partial charge in [0.05, 0.1) is 26.7 Å². The number of benzene rings is 2. The van der Waals surface area contributed by atoms with Gasteiger partial charge in [0.15, 0.2) is 0 Å². The second-order valence-corrected chi connectivity index (χ2v) is 7.86. The van der Waals surface area contributed by atoms with Gasteiger partial charge in [-0.25, -0.2) is 4.39 Å². The largest absolute Gasteiger partial charge is 1.00 e. The molecule has 5 heteroatoms. The summed E-state index contributed by atoms with van der Waals surface area (Å²) < 4.78 is 26.6. The maximum Gasteiger partial charge on any atom is 0.139 e. The maximum atomic E-state index is 13.4. The smallest absolute Gasteiger partial charge is 0.139 e. The molecule has 3 nitrogen and oxygen atoms in total. The van der Waals surface area contributed by atoms with Gasteiger partial charge in [-0.2, -0.15) is 0 Å². The Bertz CT molecular complexity index is 915. The molecule has 0 spiro atoms. The number of piperidine rings is 1. The van der Waals surface area contributed by atoms with Crippen molar-refractivity contribution in [3.63, 3.8) is 0 Å². The zero-order valence-electron chi connectivity index (χ0n) is 16.0. The van der Waals surface area contributed by atoms with Crippen LogP contribution in [-0.4, -0.2) is 37.3 Å². The summed E-state index contributed by atoms with van der Waals surface area (Å²) >= 11 is 0. The summed E-state index contributed by atoms with van der Waals surface area (Å²) in [7, 11) is 2.37.